The number of hydrogen-bond donors (Lipinski definition) is 2. The lowest BCUT2D eigenvalue weighted by Crippen LogP contribution is -2.31. The number of amides is 1. The van der Waals surface area contributed by atoms with Gasteiger partial charge < -0.3 is 10.6 Å². The standard InChI is InChI=1S/C28H25BrClN5OS/c1-16-10-11-23(17(2)12-16)32-26(36)24-18(3)31-27-33-28(37-15-19-6-4-9-22(30)13-19)34-35(27)25(24)20-7-5-8-21(29)14-20/h4-14,25H,15H2,1-3H3,(H,32,36)(H,31,33,34)/t25-/m1/s1. The fourth-order valence-corrected chi connectivity index (χ4v) is 5.79. The molecule has 0 saturated heterocycles. The molecule has 0 bridgehead atoms. The van der Waals surface area contributed by atoms with Gasteiger partial charge in [0.25, 0.3) is 5.91 Å². The lowest BCUT2D eigenvalue weighted by molar-refractivity contribution is -0.113. The second kappa shape index (κ2) is 10.7. The number of carbonyl (C=O) groups excluding carboxylic acids is 1. The van der Waals surface area contributed by atoms with Crippen molar-refractivity contribution in [1.82, 2.24) is 14.8 Å². The molecule has 5 rings (SSSR count). The number of rotatable bonds is 6. The fraction of sp³-hybridized carbons (Fsp3) is 0.179. The molecule has 0 unspecified atom stereocenters. The monoisotopic (exact) mass is 593 g/mol. The lowest BCUT2D eigenvalue weighted by atomic mass is 9.95. The minimum absolute atomic E-state index is 0.184. The molecule has 6 nitrogen and oxygen atoms in total. The molecule has 1 atom stereocenters. The van der Waals surface area contributed by atoms with Gasteiger partial charge in [0.05, 0.1) is 5.57 Å². The summed E-state index contributed by atoms with van der Waals surface area (Å²) >= 11 is 11.2. The maximum Gasteiger partial charge on any atom is 0.255 e. The largest absolute Gasteiger partial charge is 0.328 e. The number of carbonyl (C=O) groups is 1. The predicted molar refractivity (Wildman–Crippen MR) is 154 cm³/mol. The van der Waals surface area contributed by atoms with Gasteiger partial charge in [-0.25, -0.2) is 4.68 Å². The number of fused-ring (bicyclic) bond motifs is 1. The highest BCUT2D eigenvalue weighted by Crippen LogP contribution is 2.38. The van der Waals surface area contributed by atoms with Crippen LogP contribution in [0.5, 0.6) is 0 Å². The van der Waals surface area contributed by atoms with E-state index in [2.05, 4.69) is 32.6 Å². The Morgan fingerprint density at radius 2 is 1.92 bits per heavy atom. The Hall–Kier alpha value is -3.07. The van der Waals surface area contributed by atoms with Crippen molar-refractivity contribution in [3.8, 4) is 0 Å². The molecule has 1 aliphatic rings. The quantitative estimate of drug-likeness (QED) is 0.226. The second-order valence-electron chi connectivity index (χ2n) is 8.97. The number of aryl methyl sites for hydroxylation is 2. The number of nitrogens with one attached hydrogen (secondary N) is 2. The van der Waals surface area contributed by atoms with Crippen LogP contribution in [0.25, 0.3) is 0 Å². The van der Waals surface area contributed by atoms with Crippen molar-refractivity contribution >= 4 is 56.8 Å². The first-order valence-corrected chi connectivity index (χ1v) is 13.9. The van der Waals surface area contributed by atoms with Gasteiger partial charge in [-0.05, 0) is 67.8 Å². The average Bonchev–Trinajstić information content (AvgIpc) is 3.26. The first kappa shape index (κ1) is 25.6. The number of hydrogen-bond acceptors (Lipinski definition) is 5. The lowest BCUT2D eigenvalue weighted by Gasteiger charge is -2.29. The maximum absolute atomic E-state index is 13.7. The summed E-state index contributed by atoms with van der Waals surface area (Å²) in [6.45, 7) is 5.93. The molecule has 2 N–H and O–H groups in total. The summed E-state index contributed by atoms with van der Waals surface area (Å²) in [5.74, 6) is 1.09. The molecular weight excluding hydrogens is 570 g/mol. The second-order valence-corrected chi connectivity index (χ2v) is 11.3. The maximum atomic E-state index is 13.7. The van der Waals surface area contributed by atoms with Crippen LogP contribution in [0.15, 0.2) is 87.6 Å². The summed E-state index contributed by atoms with van der Waals surface area (Å²) in [6, 6.07) is 21.2. The van der Waals surface area contributed by atoms with Crippen LogP contribution in [-0.4, -0.2) is 20.7 Å². The molecule has 188 valence electrons. The number of halogens is 2. The van der Waals surface area contributed by atoms with E-state index in [0.717, 1.165) is 38.1 Å². The van der Waals surface area contributed by atoms with Crippen LogP contribution in [0.1, 0.15) is 35.2 Å². The smallest absolute Gasteiger partial charge is 0.255 e. The topological polar surface area (TPSA) is 71.8 Å². The molecule has 4 aromatic rings. The van der Waals surface area contributed by atoms with E-state index in [1.807, 2.05) is 81.4 Å². The molecule has 1 aromatic heterocycles. The van der Waals surface area contributed by atoms with Gasteiger partial charge >= 0.3 is 0 Å². The summed E-state index contributed by atoms with van der Waals surface area (Å²) in [5, 5.41) is 12.6. The Bertz CT molecular complexity index is 1530. The molecule has 0 spiro atoms. The first-order valence-electron chi connectivity index (χ1n) is 11.7. The van der Waals surface area contributed by atoms with E-state index in [1.165, 1.54) is 11.8 Å². The van der Waals surface area contributed by atoms with Crippen molar-refractivity contribution in [2.45, 2.75) is 37.7 Å². The molecule has 9 heteroatoms. The van der Waals surface area contributed by atoms with E-state index in [-0.39, 0.29) is 5.91 Å². The Balaban J connectivity index is 1.50. The zero-order valence-corrected chi connectivity index (χ0v) is 23.7. The van der Waals surface area contributed by atoms with Gasteiger partial charge in [-0.1, -0.05) is 81.3 Å². The number of benzene rings is 3. The van der Waals surface area contributed by atoms with Crippen molar-refractivity contribution in [2.75, 3.05) is 10.6 Å². The summed E-state index contributed by atoms with van der Waals surface area (Å²) in [4.78, 5) is 18.5. The zero-order chi connectivity index (χ0) is 26.1. The number of thioether (sulfide) groups is 1. The van der Waals surface area contributed by atoms with Gasteiger partial charge in [0.2, 0.25) is 11.1 Å². The minimum atomic E-state index is -0.451. The SMILES string of the molecule is CC1=C(C(=O)Nc2ccc(C)cc2C)[C@@H](c2cccc(Br)c2)n2nc(SCc3cccc(Cl)c3)nc2N1. The fourth-order valence-electron chi connectivity index (χ4n) is 4.39. The van der Waals surface area contributed by atoms with Crippen LogP contribution in [-0.2, 0) is 10.5 Å². The van der Waals surface area contributed by atoms with Gasteiger partial charge in [0.1, 0.15) is 6.04 Å². The molecule has 0 radical (unpaired) electrons. The first-order chi connectivity index (χ1) is 17.8. The number of nitrogens with zero attached hydrogens (tertiary/aromatic N) is 3. The summed E-state index contributed by atoms with van der Waals surface area (Å²) in [7, 11) is 0. The molecule has 0 aliphatic carbocycles. The third-order valence-electron chi connectivity index (χ3n) is 6.13. The summed E-state index contributed by atoms with van der Waals surface area (Å²) in [5.41, 5.74) is 6.28. The molecule has 0 saturated carbocycles. The van der Waals surface area contributed by atoms with E-state index >= 15 is 0 Å². The van der Waals surface area contributed by atoms with Crippen LogP contribution in [0, 0.1) is 13.8 Å². The van der Waals surface area contributed by atoms with Crippen molar-refractivity contribution in [3.05, 3.63) is 110 Å². The van der Waals surface area contributed by atoms with E-state index in [0.29, 0.717) is 27.5 Å². The molecule has 3 aromatic carbocycles. The Kier molecular flexibility index (Phi) is 7.42. The van der Waals surface area contributed by atoms with Crippen molar-refractivity contribution in [1.29, 1.82) is 0 Å². The van der Waals surface area contributed by atoms with Gasteiger partial charge in [0.15, 0.2) is 0 Å². The molecule has 0 fully saturated rings. The highest BCUT2D eigenvalue weighted by molar-refractivity contribution is 9.10. The number of allylic oxidation sites excluding steroid dienone is 1. The normalized spacial score (nSPS) is 14.8. The van der Waals surface area contributed by atoms with E-state index < -0.39 is 6.04 Å². The molecule has 2 heterocycles. The highest BCUT2D eigenvalue weighted by atomic mass is 79.9. The number of anilines is 2. The highest BCUT2D eigenvalue weighted by Gasteiger charge is 2.34. The van der Waals surface area contributed by atoms with Gasteiger partial charge in [-0.15, -0.1) is 5.10 Å². The Labute approximate surface area is 233 Å². The average molecular weight is 595 g/mol. The van der Waals surface area contributed by atoms with Gasteiger partial charge in [-0.2, -0.15) is 4.98 Å². The van der Waals surface area contributed by atoms with Crippen LogP contribution >= 0.6 is 39.3 Å². The van der Waals surface area contributed by atoms with Crippen LogP contribution < -0.4 is 10.6 Å². The molecule has 1 aliphatic heterocycles. The van der Waals surface area contributed by atoms with Gasteiger partial charge in [-0.3, -0.25) is 4.79 Å². The minimum Gasteiger partial charge on any atom is -0.328 e. The van der Waals surface area contributed by atoms with Gasteiger partial charge in [0, 0.05) is 26.6 Å². The van der Waals surface area contributed by atoms with E-state index in [4.69, 9.17) is 21.7 Å². The Morgan fingerprint density at radius 3 is 2.68 bits per heavy atom. The van der Waals surface area contributed by atoms with Crippen molar-refractivity contribution in [2.24, 2.45) is 0 Å². The number of aromatic nitrogens is 3. The van der Waals surface area contributed by atoms with Crippen molar-refractivity contribution in [3.63, 3.8) is 0 Å². The van der Waals surface area contributed by atoms with Crippen LogP contribution in [0.3, 0.4) is 0 Å². The van der Waals surface area contributed by atoms with Crippen LogP contribution in [0.2, 0.25) is 5.02 Å². The predicted octanol–water partition coefficient (Wildman–Crippen LogP) is 7.53. The molecular formula is C28H25BrClN5OS. The summed E-state index contributed by atoms with van der Waals surface area (Å²) < 4.78 is 2.72. The summed E-state index contributed by atoms with van der Waals surface area (Å²) in [6.07, 6.45) is 0. The third-order valence-corrected chi connectivity index (χ3v) is 7.77. The van der Waals surface area contributed by atoms with Crippen molar-refractivity contribution < 1.29 is 4.79 Å². The third kappa shape index (κ3) is 5.61. The van der Waals surface area contributed by atoms with Crippen LogP contribution in [0.4, 0.5) is 11.6 Å². The Morgan fingerprint density at radius 1 is 1.11 bits per heavy atom. The molecule has 37 heavy (non-hydrogen) atoms. The van der Waals surface area contributed by atoms with E-state index in [9.17, 15) is 4.79 Å². The van der Waals surface area contributed by atoms with E-state index in [1.54, 1.807) is 4.68 Å². The zero-order valence-electron chi connectivity index (χ0n) is 20.5. The molecule has 1 amide bonds.